The van der Waals surface area contributed by atoms with Crippen LogP contribution in [0.1, 0.15) is 49.2 Å². The number of hydrogen-bond donors (Lipinski definition) is 1. The van der Waals surface area contributed by atoms with Gasteiger partial charge in [0.1, 0.15) is 41.4 Å². The van der Waals surface area contributed by atoms with Gasteiger partial charge in [-0.05, 0) is 60.7 Å². The van der Waals surface area contributed by atoms with E-state index in [1.165, 1.54) is 23.0 Å². The summed E-state index contributed by atoms with van der Waals surface area (Å²) in [5.41, 5.74) is 1.68. The topological polar surface area (TPSA) is 97.1 Å². The Hall–Kier alpha value is -3.41. The molecule has 1 aromatic heterocycles. The van der Waals surface area contributed by atoms with Gasteiger partial charge in [0.05, 0.1) is 0 Å². The number of benzene rings is 2. The fraction of sp³-hybridized carbons (Fsp3) is 0.308. The Bertz CT molecular complexity index is 1220. The standard InChI is InChI=1S/C26H27ClN4O3S/c1-4-17(3)18-6-9-22(10-7-18)33-12-13-34-23-11-8-21(27)15-19(23)14-20(16-28)25(32)29-26-31-30-24(5-2)35-26/h6-11,14-15,17H,4-5,12-13H2,1-3H3,(H,29,31,32)/b20-14-. The summed E-state index contributed by atoms with van der Waals surface area (Å²) >= 11 is 7.41. The summed E-state index contributed by atoms with van der Waals surface area (Å²) in [6.45, 7) is 6.91. The average Bonchev–Trinajstić information content (AvgIpc) is 3.33. The van der Waals surface area contributed by atoms with Crippen LogP contribution in [0.4, 0.5) is 5.13 Å². The largest absolute Gasteiger partial charge is 0.490 e. The third-order valence-electron chi connectivity index (χ3n) is 5.30. The van der Waals surface area contributed by atoms with Crippen molar-refractivity contribution in [3.8, 4) is 17.6 Å². The van der Waals surface area contributed by atoms with Crippen molar-refractivity contribution in [3.05, 3.63) is 69.2 Å². The molecule has 0 fully saturated rings. The fourth-order valence-electron chi connectivity index (χ4n) is 3.12. The van der Waals surface area contributed by atoms with Gasteiger partial charge < -0.3 is 9.47 Å². The van der Waals surface area contributed by atoms with E-state index in [1.54, 1.807) is 18.2 Å². The van der Waals surface area contributed by atoms with Gasteiger partial charge in [0, 0.05) is 10.6 Å². The minimum Gasteiger partial charge on any atom is -0.490 e. The number of aromatic nitrogens is 2. The van der Waals surface area contributed by atoms with Gasteiger partial charge in [0.2, 0.25) is 5.13 Å². The number of rotatable bonds is 11. The smallest absolute Gasteiger partial charge is 0.268 e. The zero-order valence-corrected chi connectivity index (χ0v) is 21.4. The van der Waals surface area contributed by atoms with E-state index in [0.29, 0.717) is 40.4 Å². The van der Waals surface area contributed by atoms with Crippen LogP contribution >= 0.6 is 22.9 Å². The Kier molecular flexibility index (Phi) is 9.65. The van der Waals surface area contributed by atoms with Crippen molar-refractivity contribution in [2.24, 2.45) is 0 Å². The molecule has 2 aromatic carbocycles. The molecule has 35 heavy (non-hydrogen) atoms. The van der Waals surface area contributed by atoms with Gasteiger partial charge >= 0.3 is 0 Å². The molecule has 3 rings (SSSR count). The number of aryl methyl sites for hydroxylation is 1. The molecular weight excluding hydrogens is 484 g/mol. The van der Waals surface area contributed by atoms with E-state index in [9.17, 15) is 10.1 Å². The number of amides is 1. The summed E-state index contributed by atoms with van der Waals surface area (Å²) in [7, 11) is 0. The van der Waals surface area contributed by atoms with Gasteiger partial charge in [-0.25, -0.2) is 0 Å². The van der Waals surface area contributed by atoms with Gasteiger partial charge in [-0.15, -0.1) is 10.2 Å². The normalized spacial score (nSPS) is 12.0. The first-order valence-electron chi connectivity index (χ1n) is 11.3. The SMILES string of the molecule is CCc1nnc(NC(=O)/C(C#N)=C\c2cc(Cl)ccc2OCCOc2ccc(C(C)CC)cc2)s1. The summed E-state index contributed by atoms with van der Waals surface area (Å²) in [4.78, 5) is 12.6. The second-order valence-electron chi connectivity index (χ2n) is 7.74. The Morgan fingerprint density at radius 2 is 1.91 bits per heavy atom. The summed E-state index contributed by atoms with van der Waals surface area (Å²) < 4.78 is 11.6. The lowest BCUT2D eigenvalue weighted by molar-refractivity contribution is -0.112. The Balaban J connectivity index is 1.63. The van der Waals surface area contributed by atoms with Crippen LogP contribution in [-0.2, 0) is 11.2 Å². The summed E-state index contributed by atoms with van der Waals surface area (Å²) in [6, 6.07) is 15.0. The van der Waals surface area contributed by atoms with Crippen molar-refractivity contribution in [2.75, 3.05) is 18.5 Å². The average molecular weight is 511 g/mol. The first-order valence-corrected chi connectivity index (χ1v) is 12.5. The van der Waals surface area contributed by atoms with Gasteiger partial charge in [-0.3, -0.25) is 10.1 Å². The molecule has 0 spiro atoms. The van der Waals surface area contributed by atoms with Crippen LogP contribution in [0.2, 0.25) is 5.02 Å². The molecule has 9 heteroatoms. The van der Waals surface area contributed by atoms with Gasteiger partial charge in [-0.1, -0.05) is 55.8 Å². The van der Waals surface area contributed by atoms with Gasteiger partial charge in [-0.2, -0.15) is 5.26 Å². The quantitative estimate of drug-likeness (QED) is 0.185. The molecule has 0 bridgehead atoms. The Morgan fingerprint density at radius 1 is 1.17 bits per heavy atom. The minimum atomic E-state index is -0.582. The monoisotopic (exact) mass is 510 g/mol. The highest BCUT2D eigenvalue weighted by Gasteiger charge is 2.14. The molecule has 0 saturated carbocycles. The second kappa shape index (κ2) is 12.9. The van der Waals surface area contributed by atoms with Gasteiger partial charge in [0.25, 0.3) is 5.91 Å². The maximum absolute atomic E-state index is 12.6. The van der Waals surface area contributed by atoms with E-state index in [4.69, 9.17) is 21.1 Å². The Labute approximate surface area is 214 Å². The summed E-state index contributed by atoms with van der Waals surface area (Å²) in [5.74, 6) is 1.18. The highest BCUT2D eigenvalue weighted by molar-refractivity contribution is 7.15. The predicted octanol–water partition coefficient (Wildman–Crippen LogP) is 6.27. The molecule has 3 aromatic rings. The van der Waals surface area contributed by atoms with E-state index in [2.05, 4.69) is 41.5 Å². The predicted molar refractivity (Wildman–Crippen MR) is 139 cm³/mol. The highest BCUT2D eigenvalue weighted by atomic mass is 35.5. The number of nitriles is 1. The first-order chi connectivity index (χ1) is 16.9. The molecule has 1 amide bonds. The van der Waals surface area contributed by atoms with Crippen LogP contribution in [-0.4, -0.2) is 29.3 Å². The highest BCUT2D eigenvalue weighted by Crippen LogP contribution is 2.26. The molecule has 0 aliphatic rings. The molecule has 0 saturated heterocycles. The number of nitrogens with one attached hydrogen (secondary N) is 1. The zero-order chi connectivity index (χ0) is 25.2. The van der Waals surface area contributed by atoms with E-state index >= 15 is 0 Å². The van der Waals surface area contributed by atoms with Crippen LogP contribution in [0.3, 0.4) is 0 Å². The maximum Gasteiger partial charge on any atom is 0.268 e. The molecule has 182 valence electrons. The van der Waals surface area contributed by atoms with Crippen molar-refractivity contribution in [1.29, 1.82) is 5.26 Å². The summed E-state index contributed by atoms with van der Waals surface area (Å²) in [5, 5.41) is 21.6. The molecule has 1 atom stereocenters. The lowest BCUT2D eigenvalue weighted by Crippen LogP contribution is -2.13. The molecule has 1 heterocycles. The third-order valence-corrected chi connectivity index (χ3v) is 6.52. The molecule has 0 aliphatic heterocycles. The fourth-order valence-corrected chi connectivity index (χ4v) is 3.97. The number of halogens is 1. The molecule has 1 unspecified atom stereocenters. The summed E-state index contributed by atoms with van der Waals surface area (Å²) in [6.07, 6.45) is 3.24. The molecule has 0 aliphatic carbocycles. The van der Waals surface area contributed by atoms with Crippen molar-refractivity contribution in [1.82, 2.24) is 10.2 Å². The molecule has 0 radical (unpaired) electrons. The second-order valence-corrected chi connectivity index (χ2v) is 9.23. The van der Waals surface area contributed by atoms with E-state index in [-0.39, 0.29) is 12.2 Å². The number of carbonyl (C=O) groups is 1. The van der Waals surface area contributed by atoms with Crippen LogP contribution < -0.4 is 14.8 Å². The van der Waals surface area contributed by atoms with Crippen LogP contribution in [0.25, 0.3) is 6.08 Å². The van der Waals surface area contributed by atoms with Gasteiger partial charge in [0.15, 0.2) is 0 Å². The molecule has 7 nitrogen and oxygen atoms in total. The lowest BCUT2D eigenvalue weighted by atomic mass is 9.99. The maximum atomic E-state index is 12.6. The minimum absolute atomic E-state index is 0.108. The molecular formula is C26H27ClN4O3S. The van der Waals surface area contributed by atoms with Crippen molar-refractivity contribution in [3.63, 3.8) is 0 Å². The number of anilines is 1. The van der Waals surface area contributed by atoms with E-state index in [1.807, 2.05) is 25.1 Å². The first kappa shape index (κ1) is 26.2. The zero-order valence-electron chi connectivity index (χ0n) is 19.9. The number of hydrogen-bond acceptors (Lipinski definition) is 7. The van der Waals surface area contributed by atoms with Crippen LogP contribution in [0.5, 0.6) is 11.5 Å². The number of carbonyl (C=O) groups excluding carboxylic acids is 1. The van der Waals surface area contributed by atoms with E-state index in [0.717, 1.165) is 17.2 Å². The van der Waals surface area contributed by atoms with Crippen LogP contribution in [0, 0.1) is 11.3 Å². The number of ether oxygens (including phenoxy) is 2. The molecule has 1 N–H and O–H groups in total. The van der Waals surface area contributed by atoms with Crippen molar-refractivity contribution >= 4 is 40.1 Å². The van der Waals surface area contributed by atoms with E-state index < -0.39 is 5.91 Å². The van der Waals surface area contributed by atoms with Crippen molar-refractivity contribution < 1.29 is 14.3 Å². The third kappa shape index (κ3) is 7.54. The Morgan fingerprint density at radius 3 is 2.57 bits per heavy atom. The van der Waals surface area contributed by atoms with Crippen molar-refractivity contribution in [2.45, 2.75) is 39.5 Å². The van der Waals surface area contributed by atoms with Crippen LogP contribution in [0.15, 0.2) is 48.0 Å². The number of nitrogens with zero attached hydrogens (tertiary/aromatic N) is 3. The lowest BCUT2D eigenvalue weighted by Gasteiger charge is -2.12.